The van der Waals surface area contributed by atoms with Crippen LogP contribution in [0.3, 0.4) is 0 Å². The molecule has 1 aliphatic carbocycles. The molecule has 0 aliphatic heterocycles. The van der Waals surface area contributed by atoms with Gasteiger partial charge < -0.3 is 16.0 Å². The fourth-order valence-corrected chi connectivity index (χ4v) is 3.55. The maximum Gasteiger partial charge on any atom is 0.233 e. The molecule has 0 bridgehead atoms. The average Bonchev–Trinajstić information content (AvgIpc) is 2.37. The first-order chi connectivity index (χ1) is 9.78. The van der Waals surface area contributed by atoms with Crippen LogP contribution in [0.25, 0.3) is 0 Å². The molecule has 1 fully saturated rings. The van der Waals surface area contributed by atoms with Crippen LogP contribution in [0.15, 0.2) is 0 Å². The molecule has 1 amide bonds. The average molecular weight is 314 g/mol. The van der Waals surface area contributed by atoms with Gasteiger partial charge in [-0.15, -0.1) is 0 Å². The van der Waals surface area contributed by atoms with Crippen LogP contribution in [0, 0.1) is 11.3 Å². The lowest BCUT2D eigenvalue weighted by atomic mass is 9.73. The van der Waals surface area contributed by atoms with E-state index in [4.69, 9.17) is 18.0 Å². The van der Waals surface area contributed by atoms with Gasteiger partial charge in [0.1, 0.15) is 0 Å². The molecule has 0 radical (unpaired) electrons. The Balaban J connectivity index is 2.79. The summed E-state index contributed by atoms with van der Waals surface area (Å²) in [6.45, 7) is 5.20. The largest absolute Gasteiger partial charge is 0.392 e. The van der Waals surface area contributed by atoms with Crippen molar-refractivity contribution in [1.82, 2.24) is 10.2 Å². The topological polar surface area (TPSA) is 58.4 Å². The molecule has 1 atom stereocenters. The summed E-state index contributed by atoms with van der Waals surface area (Å²) in [4.78, 5) is 15.3. The molecule has 0 heterocycles. The summed E-state index contributed by atoms with van der Waals surface area (Å²) in [6.07, 6.45) is 5.80. The zero-order valence-electron chi connectivity index (χ0n) is 13.9. The third-order valence-electron chi connectivity index (χ3n) is 4.29. The Morgan fingerprint density at radius 3 is 2.29 bits per heavy atom. The Kier molecular flexibility index (Phi) is 7.07. The monoisotopic (exact) mass is 313 g/mol. The van der Waals surface area contributed by atoms with E-state index in [1.54, 1.807) is 0 Å². The quantitative estimate of drug-likeness (QED) is 0.708. The van der Waals surface area contributed by atoms with Gasteiger partial charge in [0.25, 0.3) is 0 Å². The minimum Gasteiger partial charge on any atom is -0.392 e. The Labute approximate surface area is 134 Å². The maximum absolute atomic E-state index is 12.8. The van der Waals surface area contributed by atoms with Crippen molar-refractivity contribution >= 4 is 23.1 Å². The molecule has 5 heteroatoms. The summed E-state index contributed by atoms with van der Waals surface area (Å²) in [7, 11) is 4.06. The van der Waals surface area contributed by atoms with Crippen LogP contribution < -0.4 is 11.1 Å². The molecule has 0 aromatic rings. The molecule has 0 aromatic carbocycles. The molecule has 21 heavy (non-hydrogen) atoms. The Hall–Kier alpha value is -0.680. The standard InChI is InChI=1S/C16H31N3OS/c1-12(2)10-13(11-19(3)4)18-15(20)16(14(17)21)8-6-5-7-9-16/h12-13H,5-11H2,1-4H3,(H2,17,21)(H,18,20). The lowest BCUT2D eigenvalue weighted by Gasteiger charge is -2.36. The lowest BCUT2D eigenvalue weighted by molar-refractivity contribution is -0.129. The van der Waals surface area contributed by atoms with Crippen LogP contribution in [0.4, 0.5) is 0 Å². The highest BCUT2D eigenvalue weighted by atomic mass is 32.1. The van der Waals surface area contributed by atoms with Crippen molar-refractivity contribution in [3.63, 3.8) is 0 Å². The number of carbonyl (C=O) groups excluding carboxylic acids is 1. The van der Waals surface area contributed by atoms with Crippen LogP contribution in [0.5, 0.6) is 0 Å². The molecule has 3 N–H and O–H groups in total. The smallest absolute Gasteiger partial charge is 0.233 e. The fourth-order valence-electron chi connectivity index (χ4n) is 3.25. The van der Waals surface area contributed by atoms with Crippen molar-refractivity contribution in [2.24, 2.45) is 17.1 Å². The van der Waals surface area contributed by atoms with E-state index in [0.29, 0.717) is 10.9 Å². The molecule has 1 unspecified atom stereocenters. The van der Waals surface area contributed by atoms with Gasteiger partial charge in [-0.1, -0.05) is 45.3 Å². The number of nitrogens with two attached hydrogens (primary N) is 1. The summed E-state index contributed by atoms with van der Waals surface area (Å²) in [5.74, 6) is 0.588. The number of nitrogens with zero attached hydrogens (tertiary/aromatic N) is 1. The normalized spacial score (nSPS) is 19.5. The number of hydrogen-bond acceptors (Lipinski definition) is 3. The van der Waals surface area contributed by atoms with Crippen LogP contribution in [0.2, 0.25) is 0 Å². The summed E-state index contributed by atoms with van der Waals surface area (Å²) in [5.41, 5.74) is 5.33. The lowest BCUT2D eigenvalue weighted by Crippen LogP contribution is -2.54. The highest BCUT2D eigenvalue weighted by Crippen LogP contribution is 2.37. The maximum atomic E-state index is 12.8. The number of hydrogen-bond donors (Lipinski definition) is 2. The second-order valence-electron chi connectivity index (χ2n) is 7.07. The van der Waals surface area contributed by atoms with E-state index in [1.165, 1.54) is 6.42 Å². The SMILES string of the molecule is CC(C)CC(CN(C)C)NC(=O)C1(C(N)=S)CCCCC1. The molecular weight excluding hydrogens is 282 g/mol. The van der Waals surface area contributed by atoms with Crippen molar-refractivity contribution in [3.05, 3.63) is 0 Å². The van der Waals surface area contributed by atoms with Crippen LogP contribution in [0.1, 0.15) is 52.4 Å². The van der Waals surface area contributed by atoms with E-state index in [1.807, 2.05) is 14.1 Å². The highest BCUT2D eigenvalue weighted by molar-refractivity contribution is 7.80. The van der Waals surface area contributed by atoms with Crippen LogP contribution in [-0.4, -0.2) is 42.5 Å². The highest BCUT2D eigenvalue weighted by Gasteiger charge is 2.42. The van der Waals surface area contributed by atoms with Gasteiger partial charge in [-0.05, 0) is 39.3 Å². The zero-order chi connectivity index (χ0) is 16.0. The number of likely N-dealkylation sites (N-methyl/N-ethyl adjacent to an activating group) is 1. The number of nitrogens with one attached hydrogen (secondary N) is 1. The van der Waals surface area contributed by atoms with E-state index < -0.39 is 5.41 Å². The van der Waals surface area contributed by atoms with Gasteiger partial charge in [-0.25, -0.2) is 0 Å². The minimum atomic E-state index is -0.616. The molecule has 0 saturated heterocycles. The van der Waals surface area contributed by atoms with Gasteiger partial charge in [-0.3, -0.25) is 4.79 Å². The van der Waals surface area contributed by atoms with Crippen molar-refractivity contribution < 1.29 is 4.79 Å². The third-order valence-corrected chi connectivity index (χ3v) is 4.68. The molecule has 1 rings (SSSR count). The number of thiocarbonyl (C=S) groups is 1. The van der Waals surface area contributed by atoms with Crippen LogP contribution in [-0.2, 0) is 4.79 Å². The Morgan fingerprint density at radius 1 is 1.29 bits per heavy atom. The Morgan fingerprint density at radius 2 is 1.86 bits per heavy atom. The van der Waals surface area contributed by atoms with Gasteiger partial charge in [0.05, 0.1) is 10.4 Å². The van der Waals surface area contributed by atoms with Gasteiger partial charge in [0.15, 0.2) is 0 Å². The Bertz CT molecular complexity index is 353. The van der Waals surface area contributed by atoms with Gasteiger partial charge in [0, 0.05) is 12.6 Å². The second-order valence-corrected chi connectivity index (χ2v) is 7.51. The van der Waals surface area contributed by atoms with Crippen LogP contribution >= 0.6 is 12.2 Å². The van der Waals surface area contributed by atoms with Crippen molar-refractivity contribution in [2.75, 3.05) is 20.6 Å². The first kappa shape index (κ1) is 18.4. The van der Waals surface area contributed by atoms with E-state index >= 15 is 0 Å². The zero-order valence-corrected chi connectivity index (χ0v) is 14.8. The van der Waals surface area contributed by atoms with Gasteiger partial charge in [0.2, 0.25) is 5.91 Å². The first-order valence-electron chi connectivity index (χ1n) is 8.03. The molecule has 0 spiro atoms. The molecule has 4 nitrogen and oxygen atoms in total. The molecule has 1 saturated carbocycles. The van der Waals surface area contributed by atoms with Crippen molar-refractivity contribution in [3.8, 4) is 0 Å². The summed E-state index contributed by atoms with van der Waals surface area (Å²) in [5, 5.41) is 3.22. The van der Waals surface area contributed by atoms with Crippen molar-refractivity contribution in [2.45, 2.75) is 58.4 Å². The predicted octanol–water partition coefficient (Wildman–Crippen LogP) is 2.32. The summed E-state index contributed by atoms with van der Waals surface area (Å²) >= 11 is 5.24. The number of rotatable bonds is 7. The molecule has 1 aliphatic rings. The predicted molar refractivity (Wildman–Crippen MR) is 92.2 cm³/mol. The summed E-state index contributed by atoms with van der Waals surface area (Å²) in [6, 6.07) is 0.153. The minimum absolute atomic E-state index is 0.0437. The van der Waals surface area contributed by atoms with E-state index in [-0.39, 0.29) is 11.9 Å². The van der Waals surface area contributed by atoms with E-state index in [2.05, 4.69) is 24.1 Å². The molecule has 0 aromatic heterocycles. The number of carbonyl (C=O) groups is 1. The van der Waals surface area contributed by atoms with E-state index in [9.17, 15) is 4.79 Å². The summed E-state index contributed by atoms with van der Waals surface area (Å²) < 4.78 is 0. The fraction of sp³-hybridized carbons (Fsp3) is 0.875. The van der Waals surface area contributed by atoms with Gasteiger partial charge in [-0.2, -0.15) is 0 Å². The first-order valence-corrected chi connectivity index (χ1v) is 8.44. The molecular formula is C16H31N3OS. The van der Waals surface area contributed by atoms with E-state index in [0.717, 1.165) is 38.6 Å². The third kappa shape index (κ3) is 5.22. The second kappa shape index (κ2) is 8.08. The van der Waals surface area contributed by atoms with Gasteiger partial charge >= 0.3 is 0 Å². The number of amides is 1. The van der Waals surface area contributed by atoms with Crippen molar-refractivity contribution in [1.29, 1.82) is 0 Å². The molecule has 122 valence electrons.